The Morgan fingerprint density at radius 2 is 2.00 bits per heavy atom. The summed E-state index contributed by atoms with van der Waals surface area (Å²) in [5.74, 6) is -0.787. The van der Waals surface area contributed by atoms with Gasteiger partial charge in [0.25, 0.3) is 5.69 Å². The minimum atomic E-state index is -1.52. The van der Waals surface area contributed by atoms with Crippen LogP contribution in [0.15, 0.2) is 45.8 Å². The molecular weight excluding hydrogens is 363 g/mol. The normalized spacial score (nSPS) is 12.1. The summed E-state index contributed by atoms with van der Waals surface area (Å²) < 4.78 is 26.4. The van der Waals surface area contributed by atoms with Gasteiger partial charge in [0, 0.05) is 16.2 Å². The number of non-ortho nitro benzene ring substituents is 1. The molecule has 2 rings (SSSR count). The topological polar surface area (TPSA) is 86.2 Å². The zero-order valence-corrected chi connectivity index (χ0v) is 13.0. The van der Waals surface area contributed by atoms with Gasteiger partial charge in [-0.2, -0.15) is 0 Å². The molecule has 0 spiro atoms. The van der Waals surface area contributed by atoms with E-state index in [9.17, 15) is 18.7 Å². The molecule has 0 aliphatic carbocycles. The summed E-state index contributed by atoms with van der Waals surface area (Å²) in [5, 5.41) is 10.7. The molecule has 0 aliphatic rings. The second-order valence-corrected chi connectivity index (χ2v) is 6.58. The van der Waals surface area contributed by atoms with Crippen LogP contribution >= 0.6 is 15.9 Å². The summed E-state index contributed by atoms with van der Waals surface area (Å²) in [7, 11) is -1.52. The van der Waals surface area contributed by atoms with Gasteiger partial charge in [-0.05, 0) is 29.8 Å². The molecule has 2 aromatic carbocycles. The summed E-state index contributed by atoms with van der Waals surface area (Å²) in [4.78, 5) is 10.4. The average Bonchev–Trinajstić information content (AvgIpc) is 2.37. The molecular formula is C13H10BrFN2O3S. The summed E-state index contributed by atoms with van der Waals surface area (Å²) in [5.41, 5.74) is 6.03. The van der Waals surface area contributed by atoms with Crippen molar-refractivity contribution >= 4 is 38.1 Å². The Labute approximate surface area is 130 Å². The second kappa shape index (κ2) is 6.31. The Kier molecular flexibility index (Phi) is 4.69. The Balaban J connectivity index is 2.29. The highest BCUT2D eigenvalue weighted by Gasteiger charge is 2.14. The number of nitrogen functional groups attached to an aromatic ring is 1. The van der Waals surface area contributed by atoms with E-state index in [-0.39, 0.29) is 17.0 Å². The van der Waals surface area contributed by atoms with Crippen molar-refractivity contribution in [3.8, 4) is 0 Å². The lowest BCUT2D eigenvalue weighted by atomic mass is 10.2. The van der Waals surface area contributed by atoms with Crippen LogP contribution in [-0.4, -0.2) is 9.13 Å². The van der Waals surface area contributed by atoms with E-state index >= 15 is 0 Å². The van der Waals surface area contributed by atoms with Crippen molar-refractivity contribution in [3.63, 3.8) is 0 Å². The zero-order valence-electron chi connectivity index (χ0n) is 10.6. The van der Waals surface area contributed by atoms with E-state index in [1.165, 1.54) is 6.07 Å². The third kappa shape index (κ3) is 3.85. The molecule has 0 amide bonds. The molecule has 2 N–H and O–H groups in total. The molecule has 0 heterocycles. The van der Waals surface area contributed by atoms with Gasteiger partial charge in [-0.1, -0.05) is 15.9 Å². The van der Waals surface area contributed by atoms with E-state index in [2.05, 4.69) is 15.9 Å². The highest BCUT2D eigenvalue weighted by molar-refractivity contribution is 9.10. The molecule has 1 atom stereocenters. The van der Waals surface area contributed by atoms with E-state index in [1.807, 2.05) is 0 Å². The standard InChI is InChI=1S/C13H10BrFN2O3S/c14-9-1-2-13(12(16)5-9)21(20)7-8-3-10(15)6-11(4-8)17(18)19/h1-6H,7,16H2. The van der Waals surface area contributed by atoms with Crippen LogP contribution in [0.5, 0.6) is 0 Å². The van der Waals surface area contributed by atoms with Crippen LogP contribution in [0.1, 0.15) is 5.56 Å². The second-order valence-electron chi connectivity index (χ2n) is 4.25. The first-order chi connectivity index (χ1) is 9.86. The monoisotopic (exact) mass is 372 g/mol. The maximum atomic E-state index is 13.3. The zero-order chi connectivity index (χ0) is 15.6. The highest BCUT2D eigenvalue weighted by Crippen LogP contribution is 2.24. The van der Waals surface area contributed by atoms with Crippen molar-refractivity contribution in [1.82, 2.24) is 0 Å². The van der Waals surface area contributed by atoms with Crippen molar-refractivity contribution in [2.24, 2.45) is 0 Å². The van der Waals surface area contributed by atoms with E-state index in [0.29, 0.717) is 10.6 Å². The fourth-order valence-electron chi connectivity index (χ4n) is 1.78. The molecule has 0 saturated heterocycles. The largest absolute Gasteiger partial charge is 0.398 e. The van der Waals surface area contributed by atoms with Gasteiger partial charge in [-0.15, -0.1) is 0 Å². The lowest BCUT2D eigenvalue weighted by Crippen LogP contribution is -2.02. The van der Waals surface area contributed by atoms with Gasteiger partial charge in [0.15, 0.2) is 0 Å². The van der Waals surface area contributed by atoms with Gasteiger partial charge < -0.3 is 5.73 Å². The number of hydrogen-bond acceptors (Lipinski definition) is 4. The Morgan fingerprint density at radius 1 is 1.29 bits per heavy atom. The van der Waals surface area contributed by atoms with Gasteiger partial charge >= 0.3 is 0 Å². The van der Waals surface area contributed by atoms with Gasteiger partial charge in [-0.3, -0.25) is 14.3 Å². The Bertz CT molecular complexity index is 739. The quantitative estimate of drug-likeness (QED) is 0.506. The number of hydrogen-bond donors (Lipinski definition) is 1. The molecule has 5 nitrogen and oxygen atoms in total. The van der Waals surface area contributed by atoms with Crippen LogP contribution in [0.4, 0.5) is 15.8 Å². The third-order valence-corrected chi connectivity index (χ3v) is 4.62. The first kappa shape index (κ1) is 15.6. The number of anilines is 1. The van der Waals surface area contributed by atoms with Crippen LogP contribution in [0.2, 0.25) is 0 Å². The summed E-state index contributed by atoms with van der Waals surface area (Å²) in [6.45, 7) is 0. The molecule has 0 fully saturated rings. The van der Waals surface area contributed by atoms with Gasteiger partial charge in [0.05, 0.1) is 32.4 Å². The van der Waals surface area contributed by atoms with Crippen molar-refractivity contribution in [2.45, 2.75) is 10.6 Å². The molecule has 110 valence electrons. The first-order valence-corrected chi connectivity index (χ1v) is 7.85. The molecule has 0 aliphatic heterocycles. The number of benzene rings is 2. The van der Waals surface area contributed by atoms with E-state index < -0.39 is 21.5 Å². The van der Waals surface area contributed by atoms with Crippen LogP contribution in [0, 0.1) is 15.9 Å². The number of halogens is 2. The molecule has 21 heavy (non-hydrogen) atoms. The van der Waals surface area contributed by atoms with E-state index in [1.54, 1.807) is 18.2 Å². The fourth-order valence-corrected chi connectivity index (χ4v) is 3.32. The summed E-state index contributed by atoms with van der Waals surface area (Å²) in [6.07, 6.45) is 0. The smallest absolute Gasteiger partial charge is 0.272 e. The van der Waals surface area contributed by atoms with Crippen molar-refractivity contribution < 1.29 is 13.5 Å². The van der Waals surface area contributed by atoms with Crippen molar-refractivity contribution in [3.05, 3.63) is 62.4 Å². The SMILES string of the molecule is Nc1cc(Br)ccc1S(=O)Cc1cc(F)cc([N+](=O)[O-])c1. The van der Waals surface area contributed by atoms with Crippen molar-refractivity contribution in [2.75, 3.05) is 5.73 Å². The minimum Gasteiger partial charge on any atom is -0.398 e. The highest BCUT2D eigenvalue weighted by atomic mass is 79.9. The Hall–Kier alpha value is -1.80. The summed E-state index contributed by atoms with van der Waals surface area (Å²) in [6, 6.07) is 8.05. The minimum absolute atomic E-state index is 0.0512. The molecule has 0 bridgehead atoms. The van der Waals surface area contributed by atoms with Crippen LogP contribution < -0.4 is 5.73 Å². The van der Waals surface area contributed by atoms with Crippen molar-refractivity contribution in [1.29, 1.82) is 0 Å². The van der Waals surface area contributed by atoms with Crippen LogP contribution in [-0.2, 0) is 16.6 Å². The molecule has 0 aromatic heterocycles. The predicted molar refractivity (Wildman–Crippen MR) is 81.7 cm³/mol. The maximum Gasteiger partial charge on any atom is 0.272 e. The van der Waals surface area contributed by atoms with Gasteiger partial charge in [0.2, 0.25) is 0 Å². The number of nitrogens with zero attached hydrogens (tertiary/aromatic N) is 1. The lowest BCUT2D eigenvalue weighted by molar-refractivity contribution is -0.385. The number of nitrogens with two attached hydrogens (primary N) is 1. The summed E-state index contributed by atoms with van der Waals surface area (Å²) >= 11 is 3.24. The number of rotatable bonds is 4. The van der Waals surface area contributed by atoms with E-state index in [0.717, 1.165) is 16.6 Å². The number of nitro groups is 1. The molecule has 1 unspecified atom stereocenters. The van der Waals surface area contributed by atoms with Gasteiger partial charge in [0.1, 0.15) is 5.82 Å². The third-order valence-electron chi connectivity index (χ3n) is 2.67. The lowest BCUT2D eigenvalue weighted by Gasteiger charge is -2.07. The van der Waals surface area contributed by atoms with Crippen LogP contribution in [0.3, 0.4) is 0 Å². The fraction of sp³-hybridized carbons (Fsp3) is 0.0769. The van der Waals surface area contributed by atoms with Gasteiger partial charge in [-0.25, -0.2) is 4.39 Å². The predicted octanol–water partition coefficient (Wildman–Crippen LogP) is 3.39. The maximum absolute atomic E-state index is 13.3. The molecule has 0 saturated carbocycles. The first-order valence-electron chi connectivity index (χ1n) is 5.74. The Morgan fingerprint density at radius 3 is 2.62 bits per heavy atom. The molecule has 8 heteroatoms. The van der Waals surface area contributed by atoms with E-state index in [4.69, 9.17) is 5.73 Å². The molecule has 0 radical (unpaired) electrons. The average molecular weight is 373 g/mol. The number of nitro benzene ring substituents is 1. The molecule has 2 aromatic rings. The van der Waals surface area contributed by atoms with Crippen LogP contribution in [0.25, 0.3) is 0 Å².